The van der Waals surface area contributed by atoms with Gasteiger partial charge in [-0.2, -0.15) is 0 Å². The van der Waals surface area contributed by atoms with Crippen molar-refractivity contribution in [3.63, 3.8) is 0 Å². The Morgan fingerprint density at radius 2 is 1.09 bits per heavy atom. The molecule has 0 amide bonds. The average molecular weight is 452 g/mol. The predicted octanol–water partition coefficient (Wildman–Crippen LogP) is 4.43. The molecular formula is C27H57N5. The predicted molar refractivity (Wildman–Crippen MR) is 140 cm³/mol. The molecule has 0 saturated carbocycles. The van der Waals surface area contributed by atoms with Gasteiger partial charge in [-0.3, -0.25) is 24.5 Å². The van der Waals surface area contributed by atoms with Crippen molar-refractivity contribution in [2.45, 2.75) is 124 Å². The normalized spacial score (nSPS) is 23.4. The minimum Gasteiger partial charge on any atom is -0.298 e. The smallest absolute Gasteiger partial charge is 0.0685 e. The van der Waals surface area contributed by atoms with E-state index >= 15 is 0 Å². The van der Waals surface area contributed by atoms with Crippen LogP contribution in [-0.2, 0) is 0 Å². The van der Waals surface area contributed by atoms with Gasteiger partial charge in [0.1, 0.15) is 0 Å². The van der Waals surface area contributed by atoms with Crippen LogP contribution in [-0.4, -0.2) is 112 Å². The summed E-state index contributed by atoms with van der Waals surface area (Å²) < 4.78 is 0. The van der Waals surface area contributed by atoms with Crippen molar-refractivity contribution < 1.29 is 0 Å². The maximum absolute atomic E-state index is 2.79. The number of rotatable bonds is 9. The molecule has 2 aliphatic rings. The van der Waals surface area contributed by atoms with Gasteiger partial charge in [0.05, 0.1) is 5.66 Å². The fraction of sp³-hybridized carbons (Fsp3) is 1.00. The fourth-order valence-electron chi connectivity index (χ4n) is 6.27. The van der Waals surface area contributed by atoms with Crippen LogP contribution in [0.2, 0.25) is 0 Å². The molecule has 5 nitrogen and oxygen atoms in total. The molecule has 0 aromatic rings. The second kappa shape index (κ2) is 11.5. The summed E-state index contributed by atoms with van der Waals surface area (Å²) in [6, 6.07) is 2.47. The lowest BCUT2D eigenvalue weighted by Crippen LogP contribution is -2.65. The molecule has 2 heterocycles. The van der Waals surface area contributed by atoms with E-state index in [2.05, 4.69) is 101 Å². The molecule has 2 fully saturated rings. The van der Waals surface area contributed by atoms with E-state index in [-0.39, 0.29) is 5.66 Å². The Labute approximate surface area is 201 Å². The van der Waals surface area contributed by atoms with Crippen LogP contribution in [0, 0.1) is 0 Å². The highest BCUT2D eigenvalue weighted by Crippen LogP contribution is 2.29. The highest BCUT2D eigenvalue weighted by Gasteiger charge is 2.39. The van der Waals surface area contributed by atoms with Crippen LogP contribution in [0.25, 0.3) is 0 Å². The van der Waals surface area contributed by atoms with Gasteiger partial charge in [-0.1, -0.05) is 0 Å². The van der Waals surface area contributed by atoms with Gasteiger partial charge in [0.25, 0.3) is 0 Å². The zero-order chi connectivity index (χ0) is 24.3. The van der Waals surface area contributed by atoms with E-state index in [9.17, 15) is 0 Å². The van der Waals surface area contributed by atoms with E-state index in [1.54, 1.807) is 0 Å². The summed E-state index contributed by atoms with van der Waals surface area (Å²) in [6.07, 6.45) is 2.56. The van der Waals surface area contributed by atoms with Crippen LogP contribution >= 0.6 is 0 Å². The highest BCUT2D eigenvalue weighted by atomic mass is 15.4. The van der Waals surface area contributed by atoms with Gasteiger partial charge in [0.15, 0.2) is 0 Å². The Kier molecular flexibility index (Phi) is 10.1. The van der Waals surface area contributed by atoms with Crippen molar-refractivity contribution in [1.29, 1.82) is 0 Å². The van der Waals surface area contributed by atoms with E-state index in [1.807, 2.05) is 0 Å². The molecule has 2 aliphatic heterocycles. The molecule has 0 bridgehead atoms. The second-order valence-electron chi connectivity index (χ2n) is 12.6. The van der Waals surface area contributed by atoms with Gasteiger partial charge in [-0.05, 0) is 89.0 Å². The first-order valence-electron chi connectivity index (χ1n) is 13.5. The maximum atomic E-state index is 2.79. The average Bonchev–Trinajstić information content (AvgIpc) is 2.71. The van der Waals surface area contributed by atoms with Crippen molar-refractivity contribution >= 4 is 0 Å². The van der Waals surface area contributed by atoms with E-state index in [0.29, 0.717) is 29.7 Å². The maximum Gasteiger partial charge on any atom is 0.0685 e. The summed E-state index contributed by atoms with van der Waals surface area (Å²) in [5.41, 5.74) is 0.395. The molecular weight excluding hydrogens is 394 g/mol. The summed E-state index contributed by atoms with van der Waals surface area (Å²) in [5.74, 6) is 0. The summed E-state index contributed by atoms with van der Waals surface area (Å²) in [7, 11) is 0. The van der Waals surface area contributed by atoms with Crippen molar-refractivity contribution in [2.24, 2.45) is 0 Å². The van der Waals surface area contributed by atoms with Crippen molar-refractivity contribution in [3.05, 3.63) is 0 Å². The van der Waals surface area contributed by atoms with Crippen LogP contribution in [0.1, 0.15) is 89.0 Å². The van der Waals surface area contributed by atoms with Crippen LogP contribution in [0.15, 0.2) is 0 Å². The Morgan fingerprint density at radius 3 is 1.53 bits per heavy atom. The fourth-order valence-corrected chi connectivity index (χ4v) is 6.27. The molecule has 0 spiro atoms. The van der Waals surface area contributed by atoms with E-state index in [4.69, 9.17) is 0 Å². The summed E-state index contributed by atoms with van der Waals surface area (Å²) in [5, 5.41) is 0. The lowest BCUT2D eigenvalue weighted by Gasteiger charge is -2.54. The number of hydrogen-bond acceptors (Lipinski definition) is 5. The quantitative estimate of drug-likeness (QED) is 0.514. The molecule has 0 aromatic carbocycles. The molecule has 32 heavy (non-hydrogen) atoms. The zero-order valence-corrected chi connectivity index (χ0v) is 23.6. The minimum atomic E-state index is 0.0955. The number of hydrogen-bond donors (Lipinski definition) is 0. The van der Waals surface area contributed by atoms with Gasteiger partial charge in [0, 0.05) is 82.1 Å². The van der Waals surface area contributed by atoms with Crippen LogP contribution in [0.3, 0.4) is 0 Å². The Balaban J connectivity index is 1.90. The van der Waals surface area contributed by atoms with Crippen molar-refractivity contribution in [3.8, 4) is 0 Å². The Hall–Kier alpha value is -0.200. The molecule has 0 aliphatic carbocycles. The molecule has 2 atom stereocenters. The monoisotopic (exact) mass is 451 g/mol. The minimum absolute atomic E-state index is 0.0955. The lowest BCUT2D eigenvalue weighted by molar-refractivity contribution is -0.0936. The second-order valence-corrected chi connectivity index (χ2v) is 12.6. The summed E-state index contributed by atoms with van der Waals surface area (Å²) in [6.45, 7) is 35.9. The van der Waals surface area contributed by atoms with Gasteiger partial charge in [-0.25, -0.2) is 0 Å². The molecule has 0 N–H and O–H groups in total. The van der Waals surface area contributed by atoms with Crippen LogP contribution in [0.4, 0.5) is 0 Å². The zero-order valence-electron chi connectivity index (χ0n) is 23.6. The molecule has 0 aromatic heterocycles. The summed E-state index contributed by atoms with van der Waals surface area (Å²) in [4.78, 5) is 13.5. The Bertz CT molecular complexity index is 537. The van der Waals surface area contributed by atoms with Gasteiger partial charge in [-0.15, -0.1) is 0 Å². The summed E-state index contributed by atoms with van der Waals surface area (Å²) >= 11 is 0. The molecule has 2 unspecified atom stereocenters. The van der Waals surface area contributed by atoms with E-state index in [0.717, 1.165) is 0 Å². The largest absolute Gasteiger partial charge is 0.298 e. The van der Waals surface area contributed by atoms with Crippen LogP contribution in [0.5, 0.6) is 0 Å². The first-order valence-corrected chi connectivity index (χ1v) is 13.5. The molecule has 5 heteroatoms. The molecule has 2 rings (SSSR count). The van der Waals surface area contributed by atoms with Crippen molar-refractivity contribution in [1.82, 2.24) is 24.5 Å². The van der Waals surface area contributed by atoms with Crippen molar-refractivity contribution in [2.75, 3.05) is 52.4 Å². The highest BCUT2D eigenvalue weighted by molar-refractivity contribution is 4.91. The van der Waals surface area contributed by atoms with Gasteiger partial charge >= 0.3 is 0 Å². The molecule has 190 valence electrons. The van der Waals surface area contributed by atoms with Gasteiger partial charge in [0.2, 0.25) is 0 Å². The Morgan fingerprint density at radius 1 is 0.625 bits per heavy atom. The third kappa shape index (κ3) is 7.15. The standard InChI is InChI=1S/C27H57N5/c1-22(2)28-14-20-31(21-15-28)27(10,11)32(23(3)4)25(6)13-12-24(5)29-16-18-30(19-17-29)26(7,8)9/h22-25H,12-21H2,1-11H3. The molecule has 0 radical (unpaired) electrons. The third-order valence-electron chi connectivity index (χ3n) is 8.37. The number of nitrogens with zero attached hydrogens (tertiary/aromatic N) is 5. The number of piperazine rings is 2. The topological polar surface area (TPSA) is 16.2 Å². The SMILES string of the molecule is CC(C)N1CCN(C(C)(C)N(C(C)C)C(C)CCC(C)N2CCN(C(C)(C)C)CC2)CC1. The molecule has 2 saturated heterocycles. The lowest BCUT2D eigenvalue weighted by atomic mass is 9.98. The van der Waals surface area contributed by atoms with Gasteiger partial charge < -0.3 is 0 Å². The van der Waals surface area contributed by atoms with E-state index < -0.39 is 0 Å². The first-order chi connectivity index (χ1) is 14.7. The first kappa shape index (κ1) is 28.0. The third-order valence-corrected chi connectivity index (χ3v) is 8.37. The van der Waals surface area contributed by atoms with E-state index in [1.165, 1.54) is 65.2 Å². The van der Waals surface area contributed by atoms with Crippen LogP contribution < -0.4 is 0 Å².